The van der Waals surface area contributed by atoms with Crippen LogP contribution in [0.4, 0.5) is 32.3 Å². The minimum absolute atomic E-state index is 0.342. The molecule has 0 aliphatic carbocycles. The van der Waals surface area contributed by atoms with Crippen molar-refractivity contribution in [2.75, 3.05) is 21.3 Å². The summed E-state index contributed by atoms with van der Waals surface area (Å²) in [5.41, 5.74) is 5.35. The van der Waals surface area contributed by atoms with E-state index in [0.717, 1.165) is 16.7 Å². The first-order valence-electron chi connectivity index (χ1n) is 9.31. The molecule has 148 valence electrons. The maximum absolute atomic E-state index is 12.4. The predicted octanol–water partition coefficient (Wildman–Crippen LogP) is 5.90. The van der Waals surface area contributed by atoms with E-state index < -0.39 is 0 Å². The Bertz CT molecular complexity index is 938. The van der Waals surface area contributed by atoms with Crippen molar-refractivity contribution in [1.82, 2.24) is 0 Å². The zero-order valence-electron chi connectivity index (χ0n) is 16.7. The second-order valence-corrected chi connectivity index (χ2v) is 6.78. The molecule has 4 N–H and O–H groups in total. The number of para-hydroxylation sites is 2. The molecule has 0 unspecified atom stereocenters. The van der Waals surface area contributed by atoms with Gasteiger partial charge in [-0.25, -0.2) is 9.59 Å². The second-order valence-electron chi connectivity index (χ2n) is 6.78. The lowest BCUT2D eigenvalue weighted by Crippen LogP contribution is -2.23. The Labute approximate surface area is 170 Å². The van der Waals surface area contributed by atoms with Crippen LogP contribution in [0.15, 0.2) is 66.7 Å². The molecule has 0 spiro atoms. The van der Waals surface area contributed by atoms with Crippen molar-refractivity contribution in [3.05, 3.63) is 83.4 Å². The topological polar surface area (TPSA) is 82.3 Å². The summed E-state index contributed by atoms with van der Waals surface area (Å²) in [4.78, 5) is 24.8. The van der Waals surface area contributed by atoms with Gasteiger partial charge in [0.2, 0.25) is 0 Å². The van der Waals surface area contributed by atoms with Crippen molar-refractivity contribution in [1.29, 1.82) is 0 Å². The lowest BCUT2D eigenvalue weighted by molar-refractivity contribution is 0.261. The first-order chi connectivity index (χ1) is 13.9. The van der Waals surface area contributed by atoms with Crippen LogP contribution in [0.5, 0.6) is 0 Å². The molecule has 0 bridgehead atoms. The van der Waals surface area contributed by atoms with Gasteiger partial charge in [0.15, 0.2) is 0 Å². The molecular weight excluding hydrogens is 364 g/mol. The van der Waals surface area contributed by atoms with E-state index in [0.29, 0.717) is 22.7 Å². The summed E-state index contributed by atoms with van der Waals surface area (Å²) in [5, 5.41) is 11.4. The molecule has 3 rings (SSSR count). The van der Waals surface area contributed by atoms with Gasteiger partial charge < -0.3 is 21.3 Å². The highest BCUT2D eigenvalue weighted by molar-refractivity contribution is 6.04. The van der Waals surface area contributed by atoms with E-state index in [1.165, 1.54) is 0 Å². The number of urea groups is 2. The van der Waals surface area contributed by atoms with Gasteiger partial charge in [-0.15, -0.1) is 0 Å². The van der Waals surface area contributed by atoms with Crippen LogP contribution in [0.25, 0.3) is 0 Å². The fraction of sp³-hybridized carbons (Fsp3) is 0.130. The minimum atomic E-state index is -0.342. The van der Waals surface area contributed by atoms with Crippen LogP contribution < -0.4 is 21.3 Å². The zero-order valence-corrected chi connectivity index (χ0v) is 16.7. The SMILES string of the molecule is Cc1cc(C)c(NC(=O)Nc2ccccc2)c(C)c1NC(=O)Nc1ccccc1. The Morgan fingerprint density at radius 3 is 1.34 bits per heavy atom. The van der Waals surface area contributed by atoms with Gasteiger partial charge in [0.05, 0.1) is 11.4 Å². The van der Waals surface area contributed by atoms with E-state index in [1.807, 2.05) is 87.5 Å². The number of hydrogen-bond acceptors (Lipinski definition) is 2. The zero-order chi connectivity index (χ0) is 20.8. The number of nitrogens with one attached hydrogen (secondary N) is 4. The van der Waals surface area contributed by atoms with Crippen molar-refractivity contribution >= 4 is 34.8 Å². The number of rotatable bonds is 4. The van der Waals surface area contributed by atoms with Gasteiger partial charge in [-0.05, 0) is 61.7 Å². The number of carbonyl (C=O) groups excluding carboxylic acids is 2. The summed E-state index contributed by atoms with van der Waals surface area (Å²) in [6, 6.07) is 19.7. The molecule has 6 nitrogen and oxygen atoms in total. The number of aryl methyl sites for hydroxylation is 2. The smallest absolute Gasteiger partial charge is 0.308 e. The second kappa shape index (κ2) is 8.93. The molecule has 0 radical (unpaired) electrons. The molecule has 0 heterocycles. The average molecular weight is 388 g/mol. The minimum Gasteiger partial charge on any atom is -0.308 e. The maximum atomic E-state index is 12.4. The number of amides is 4. The van der Waals surface area contributed by atoms with Crippen molar-refractivity contribution < 1.29 is 9.59 Å². The van der Waals surface area contributed by atoms with Crippen LogP contribution in [0.3, 0.4) is 0 Å². The van der Waals surface area contributed by atoms with Crippen molar-refractivity contribution in [3.63, 3.8) is 0 Å². The number of benzene rings is 3. The highest BCUT2D eigenvalue weighted by atomic mass is 16.2. The Balaban J connectivity index is 1.77. The summed E-state index contributed by atoms with van der Waals surface area (Å²) in [5.74, 6) is 0. The van der Waals surface area contributed by atoms with Gasteiger partial charge in [-0.2, -0.15) is 0 Å². The summed E-state index contributed by atoms with van der Waals surface area (Å²) in [7, 11) is 0. The Kier molecular flexibility index (Phi) is 6.14. The number of anilines is 4. The van der Waals surface area contributed by atoms with E-state index >= 15 is 0 Å². The van der Waals surface area contributed by atoms with Crippen molar-refractivity contribution in [2.24, 2.45) is 0 Å². The molecule has 0 aromatic heterocycles. The monoisotopic (exact) mass is 388 g/mol. The van der Waals surface area contributed by atoms with Crippen molar-refractivity contribution in [2.45, 2.75) is 20.8 Å². The van der Waals surface area contributed by atoms with Gasteiger partial charge in [0.1, 0.15) is 0 Å². The molecule has 0 saturated carbocycles. The third-order valence-electron chi connectivity index (χ3n) is 4.51. The standard InChI is InChI=1S/C23H24N4O2/c1-15-14-16(2)21(27-23(29)25-19-12-8-5-9-13-19)17(3)20(15)26-22(28)24-18-10-6-4-7-11-18/h4-14H,1-3H3,(H2,24,26,28)(H2,25,27,29). The lowest BCUT2D eigenvalue weighted by atomic mass is 10.0. The third-order valence-corrected chi connectivity index (χ3v) is 4.51. The molecule has 3 aromatic carbocycles. The van der Waals surface area contributed by atoms with E-state index in [1.54, 1.807) is 0 Å². The van der Waals surface area contributed by atoms with Gasteiger partial charge in [0.25, 0.3) is 0 Å². The molecule has 0 saturated heterocycles. The predicted molar refractivity (Wildman–Crippen MR) is 119 cm³/mol. The molecule has 4 amide bonds. The molecular formula is C23H24N4O2. The molecule has 0 fully saturated rings. The van der Waals surface area contributed by atoms with E-state index in [2.05, 4.69) is 21.3 Å². The van der Waals surface area contributed by atoms with E-state index in [9.17, 15) is 9.59 Å². The highest BCUT2D eigenvalue weighted by Gasteiger charge is 2.15. The number of hydrogen-bond donors (Lipinski definition) is 4. The van der Waals surface area contributed by atoms with Crippen LogP contribution in [0.1, 0.15) is 16.7 Å². The Hall–Kier alpha value is -3.80. The molecule has 0 atom stereocenters. The molecule has 6 heteroatoms. The van der Waals surface area contributed by atoms with Gasteiger partial charge in [-0.3, -0.25) is 0 Å². The van der Waals surface area contributed by atoms with Gasteiger partial charge in [-0.1, -0.05) is 42.5 Å². The number of carbonyl (C=O) groups is 2. The van der Waals surface area contributed by atoms with Gasteiger partial charge >= 0.3 is 12.1 Å². The van der Waals surface area contributed by atoms with E-state index in [-0.39, 0.29) is 12.1 Å². The molecule has 3 aromatic rings. The first kappa shape index (κ1) is 19.9. The van der Waals surface area contributed by atoms with Crippen LogP contribution in [0.2, 0.25) is 0 Å². The van der Waals surface area contributed by atoms with Crippen molar-refractivity contribution in [3.8, 4) is 0 Å². The normalized spacial score (nSPS) is 10.2. The highest BCUT2D eigenvalue weighted by Crippen LogP contribution is 2.31. The molecule has 0 aliphatic heterocycles. The summed E-state index contributed by atoms with van der Waals surface area (Å²) >= 11 is 0. The average Bonchev–Trinajstić information content (AvgIpc) is 2.70. The fourth-order valence-electron chi connectivity index (χ4n) is 3.16. The quantitative estimate of drug-likeness (QED) is 0.449. The third kappa shape index (κ3) is 5.13. The maximum Gasteiger partial charge on any atom is 0.323 e. The molecule has 29 heavy (non-hydrogen) atoms. The summed E-state index contributed by atoms with van der Waals surface area (Å²) in [6.45, 7) is 5.72. The fourth-order valence-corrected chi connectivity index (χ4v) is 3.16. The van der Waals surface area contributed by atoms with Crippen LogP contribution in [0, 0.1) is 20.8 Å². The summed E-state index contributed by atoms with van der Waals surface area (Å²) in [6.07, 6.45) is 0. The largest absolute Gasteiger partial charge is 0.323 e. The Morgan fingerprint density at radius 1 is 0.586 bits per heavy atom. The Morgan fingerprint density at radius 2 is 0.966 bits per heavy atom. The van der Waals surface area contributed by atoms with E-state index in [4.69, 9.17) is 0 Å². The van der Waals surface area contributed by atoms with Crippen LogP contribution in [-0.2, 0) is 0 Å². The van der Waals surface area contributed by atoms with Crippen LogP contribution >= 0.6 is 0 Å². The van der Waals surface area contributed by atoms with Crippen LogP contribution in [-0.4, -0.2) is 12.1 Å². The van der Waals surface area contributed by atoms with Gasteiger partial charge in [0, 0.05) is 11.4 Å². The molecule has 0 aliphatic rings. The summed E-state index contributed by atoms with van der Waals surface area (Å²) < 4.78 is 0. The first-order valence-corrected chi connectivity index (χ1v) is 9.31. The lowest BCUT2D eigenvalue weighted by Gasteiger charge is -2.19.